The number of pyridine rings is 1. The summed E-state index contributed by atoms with van der Waals surface area (Å²) in [6, 6.07) is 1.44. The van der Waals surface area contributed by atoms with E-state index >= 15 is 0 Å². The first-order chi connectivity index (χ1) is 15.7. The molecule has 33 heavy (non-hydrogen) atoms. The van der Waals surface area contributed by atoms with E-state index in [0.29, 0.717) is 16.6 Å². The Morgan fingerprint density at radius 3 is 2.48 bits per heavy atom. The molecule has 1 fully saturated rings. The van der Waals surface area contributed by atoms with Crippen molar-refractivity contribution in [1.82, 2.24) is 10.3 Å². The Morgan fingerprint density at radius 2 is 1.91 bits per heavy atom. The van der Waals surface area contributed by atoms with Gasteiger partial charge in [-0.05, 0) is 28.1 Å². The average Bonchev–Trinajstić information content (AvgIpc) is 2.79. The van der Waals surface area contributed by atoms with Gasteiger partial charge in [-0.3, -0.25) is 4.98 Å². The fraction of sp³-hybridized carbons (Fsp3) is 0.316. The molecule has 14 heteroatoms. The van der Waals surface area contributed by atoms with Gasteiger partial charge in [-0.2, -0.15) is 5.11 Å². The lowest BCUT2D eigenvalue weighted by Crippen LogP contribution is -2.64. The van der Waals surface area contributed by atoms with Gasteiger partial charge in [0.25, 0.3) is 0 Å². The van der Waals surface area contributed by atoms with Crippen molar-refractivity contribution < 1.29 is 37.8 Å². The number of hydrogen-bond acceptors (Lipinski definition) is 9. The summed E-state index contributed by atoms with van der Waals surface area (Å²) in [5.74, 6) is -4.68. The number of halogens is 4. The summed E-state index contributed by atoms with van der Waals surface area (Å²) in [5.41, 5.74) is 5.21. The van der Waals surface area contributed by atoms with Crippen molar-refractivity contribution in [2.75, 3.05) is 6.61 Å². The number of rotatable bonds is 7. The molecular formula is C19H18BrF3N4O5S. The summed E-state index contributed by atoms with van der Waals surface area (Å²) in [4.78, 5) is 4.10. The molecule has 0 amide bonds. The Morgan fingerprint density at radius 1 is 1.24 bits per heavy atom. The van der Waals surface area contributed by atoms with Crippen LogP contribution >= 0.6 is 15.9 Å². The lowest BCUT2D eigenvalue weighted by molar-refractivity contribution is -0.167. The molecule has 9 nitrogen and oxygen atoms in total. The van der Waals surface area contributed by atoms with Crippen molar-refractivity contribution in [2.24, 2.45) is 5.11 Å². The number of aliphatic hydroxyl groups is 3. The van der Waals surface area contributed by atoms with Crippen molar-refractivity contribution in [3.05, 3.63) is 64.3 Å². The van der Waals surface area contributed by atoms with Crippen molar-refractivity contribution in [3.8, 4) is 0 Å². The first-order valence-electron chi connectivity index (χ1n) is 9.30. The third-order valence-electron chi connectivity index (χ3n) is 4.82. The molecule has 2 aromatic rings. The first-order valence-corrected chi connectivity index (χ1v) is 11.3. The largest absolute Gasteiger partial charge is 0.609 e. The number of aliphatic hydroxyl groups excluding tert-OH is 3. The molecule has 6 atom stereocenters. The smallest absolute Gasteiger partial charge is 0.250 e. The molecule has 0 saturated carbocycles. The molecule has 3 rings (SSSR count). The van der Waals surface area contributed by atoms with Gasteiger partial charge in [0, 0.05) is 39.7 Å². The van der Waals surface area contributed by atoms with E-state index in [2.05, 4.69) is 31.3 Å². The predicted molar refractivity (Wildman–Crippen MR) is 112 cm³/mol. The Bertz CT molecular complexity index is 1030. The second kappa shape index (κ2) is 10.9. The molecule has 1 aromatic heterocycles. The van der Waals surface area contributed by atoms with E-state index in [1.54, 1.807) is 0 Å². The van der Waals surface area contributed by atoms with Crippen molar-refractivity contribution in [1.29, 1.82) is 5.53 Å². The third kappa shape index (κ3) is 5.54. The molecule has 1 saturated heterocycles. The van der Waals surface area contributed by atoms with Crippen LogP contribution in [-0.2, 0) is 15.9 Å². The highest BCUT2D eigenvalue weighted by molar-refractivity contribution is 9.10. The van der Waals surface area contributed by atoms with Crippen LogP contribution in [-0.4, -0.2) is 61.3 Å². The predicted octanol–water partition coefficient (Wildman–Crippen LogP) is 1.80. The molecular weight excluding hydrogens is 533 g/mol. The van der Waals surface area contributed by atoms with E-state index in [9.17, 15) is 33.0 Å². The average molecular weight is 551 g/mol. The van der Waals surface area contributed by atoms with Crippen LogP contribution in [0.15, 0.2) is 51.3 Å². The van der Waals surface area contributed by atoms with E-state index in [1.165, 1.54) is 18.5 Å². The summed E-state index contributed by atoms with van der Waals surface area (Å²) < 4.78 is 59.3. The molecule has 0 aliphatic carbocycles. The molecule has 178 valence electrons. The third-order valence-corrected chi connectivity index (χ3v) is 6.75. The molecule has 2 heterocycles. The molecule has 1 aliphatic rings. The van der Waals surface area contributed by atoms with Crippen LogP contribution in [0, 0.1) is 23.0 Å². The SMILES string of the molecule is N=N/C(=C\NC1C(O)[C@@H]([S+]([O-])c2cncc(Br)c2)OC(CO)[C@@H]1O)c1cc(F)c(F)c(F)c1. The van der Waals surface area contributed by atoms with Gasteiger partial charge in [0.1, 0.15) is 17.9 Å². The normalized spacial score (nSPS) is 26.7. The lowest BCUT2D eigenvalue weighted by atomic mass is 9.97. The second-order valence-electron chi connectivity index (χ2n) is 6.93. The molecule has 1 aromatic carbocycles. The van der Waals surface area contributed by atoms with E-state index in [0.717, 1.165) is 6.20 Å². The summed E-state index contributed by atoms with van der Waals surface area (Å²) in [6.45, 7) is -0.676. The number of nitrogens with one attached hydrogen (secondary N) is 2. The quantitative estimate of drug-likeness (QED) is 0.200. The maximum absolute atomic E-state index is 13.6. The lowest BCUT2D eigenvalue weighted by Gasteiger charge is -2.41. The summed E-state index contributed by atoms with van der Waals surface area (Å²) in [7, 11) is 0. The van der Waals surface area contributed by atoms with Crippen LogP contribution in [0.4, 0.5) is 13.2 Å². The van der Waals surface area contributed by atoms with Crippen LogP contribution in [0.25, 0.3) is 5.70 Å². The van der Waals surface area contributed by atoms with Gasteiger partial charge in [-0.25, -0.2) is 18.7 Å². The van der Waals surface area contributed by atoms with Gasteiger partial charge in [0.2, 0.25) is 5.44 Å². The van der Waals surface area contributed by atoms with Gasteiger partial charge in [-0.15, -0.1) is 0 Å². The van der Waals surface area contributed by atoms with Crippen LogP contribution < -0.4 is 5.32 Å². The standard InChI is InChI=1S/C19H18BrF3N4O5S/c20-9-3-10(5-25-4-9)33(31)19-18(30)16(17(29)14(7-28)32-19)26-6-13(27-24)8-1-11(21)15(23)12(22)2-8/h1-6,14,16-19,24,26,28-30H,7H2/b13-6-,27-24?/t14?,16?,17-,18?,19+,33?/m0/s1. The molecule has 4 unspecified atom stereocenters. The molecule has 0 bridgehead atoms. The van der Waals surface area contributed by atoms with Crippen LogP contribution in [0.5, 0.6) is 0 Å². The van der Waals surface area contributed by atoms with Crippen molar-refractivity contribution in [2.45, 2.75) is 34.7 Å². The topological polar surface area (TPSA) is 154 Å². The molecule has 0 radical (unpaired) electrons. The van der Waals surface area contributed by atoms with Gasteiger partial charge in [0.05, 0.1) is 18.8 Å². The van der Waals surface area contributed by atoms with E-state index < -0.39 is 65.0 Å². The number of hydrogen-bond donors (Lipinski definition) is 5. The second-order valence-corrected chi connectivity index (χ2v) is 9.38. The highest BCUT2D eigenvalue weighted by Gasteiger charge is 2.50. The van der Waals surface area contributed by atoms with Gasteiger partial charge < -0.3 is 29.9 Å². The maximum atomic E-state index is 13.6. The molecule has 0 spiro atoms. The summed E-state index contributed by atoms with van der Waals surface area (Å²) in [5, 5.41) is 36.5. The minimum Gasteiger partial charge on any atom is -0.609 e. The summed E-state index contributed by atoms with van der Waals surface area (Å²) in [6.07, 6.45) is -0.632. The zero-order chi connectivity index (χ0) is 24.3. The van der Waals surface area contributed by atoms with Crippen molar-refractivity contribution >= 4 is 32.8 Å². The fourth-order valence-electron chi connectivity index (χ4n) is 3.16. The number of nitrogens with zero attached hydrogens (tertiary/aromatic N) is 2. The minimum absolute atomic E-state index is 0.204. The minimum atomic E-state index is -1.98. The Kier molecular flexibility index (Phi) is 8.44. The van der Waals surface area contributed by atoms with Crippen LogP contribution in [0.3, 0.4) is 0 Å². The van der Waals surface area contributed by atoms with Gasteiger partial charge >= 0.3 is 0 Å². The van der Waals surface area contributed by atoms with Crippen molar-refractivity contribution in [3.63, 3.8) is 0 Å². The highest BCUT2D eigenvalue weighted by atomic mass is 79.9. The number of ether oxygens (including phenoxy) is 1. The Balaban J connectivity index is 1.89. The van der Waals surface area contributed by atoms with E-state index in [1.807, 2.05) is 0 Å². The maximum Gasteiger partial charge on any atom is 0.250 e. The van der Waals surface area contributed by atoms with E-state index in [-0.39, 0.29) is 16.2 Å². The summed E-state index contributed by atoms with van der Waals surface area (Å²) >= 11 is 1.22. The highest BCUT2D eigenvalue weighted by Crippen LogP contribution is 2.30. The number of aromatic nitrogens is 1. The van der Waals surface area contributed by atoms with Gasteiger partial charge in [0.15, 0.2) is 28.5 Å². The number of benzene rings is 1. The Labute approximate surface area is 197 Å². The first kappa shape index (κ1) is 25.6. The molecule has 1 aliphatic heterocycles. The van der Waals surface area contributed by atoms with E-state index in [4.69, 9.17) is 10.3 Å². The fourth-order valence-corrected chi connectivity index (χ4v) is 5.02. The van der Waals surface area contributed by atoms with Gasteiger partial charge in [-0.1, -0.05) is 0 Å². The molecule has 5 N–H and O–H groups in total. The monoisotopic (exact) mass is 550 g/mol. The Hall–Kier alpha value is -2.07. The zero-order valence-electron chi connectivity index (χ0n) is 16.5. The zero-order valence-corrected chi connectivity index (χ0v) is 18.9. The van der Waals surface area contributed by atoms with Crippen LogP contribution in [0.2, 0.25) is 0 Å². The van der Waals surface area contributed by atoms with Crippen LogP contribution in [0.1, 0.15) is 5.56 Å².